The van der Waals surface area contributed by atoms with Crippen molar-refractivity contribution in [3.05, 3.63) is 58.7 Å². The van der Waals surface area contributed by atoms with Crippen LogP contribution in [0.15, 0.2) is 46.0 Å². The summed E-state index contributed by atoms with van der Waals surface area (Å²) < 4.78 is 11.2. The fraction of sp³-hybridized carbons (Fsp3) is 0.250. The van der Waals surface area contributed by atoms with Crippen molar-refractivity contribution in [2.24, 2.45) is 0 Å². The van der Waals surface area contributed by atoms with E-state index in [9.17, 15) is 4.79 Å². The van der Waals surface area contributed by atoms with E-state index in [-0.39, 0.29) is 11.5 Å². The van der Waals surface area contributed by atoms with Gasteiger partial charge in [-0.2, -0.15) is 0 Å². The molecule has 0 spiro atoms. The van der Waals surface area contributed by atoms with Gasteiger partial charge >= 0.3 is 0 Å². The SMILES string of the molecule is Cc1cc(C)cc(-c2nnc(SCC(=O)c3ccc4c(c3)CCO4)o2)c1. The number of benzene rings is 2. The molecule has 0 aliphatic carbocycles. The summed E-state index contributed by atoms with van der Waals surface area (Å²) in [6, 6.07) is 11.7. The van der Waals surface area contributed by atoms with Gasteiger partial charge in [-0.3, -0.25) is 4.79 Å². The monoisotopic (exact) mass is 366 g/mol. The van der Waals surface area contributed by atoms with Gasteiger partial charge in [0, 0.05) is 17.5 Å². The molecule has 0 fully saturated rings. The highest BCUT2D eigenvalue weighted by molar-refractivity contribution is 7.99. The average Bonchev–Trinajstić information content (AvgIpc) is 3.27. The Kier molecular flexibility index (Phi) is 4.51. The molecule has 0 saturated carbocycles. The van der Waals surface area contributed by atoms with Gasteiger partial charge in [-0.05, 0) is 49.7 Å². The van der Waals surface area contributed by atoms with Crippen molar-refractivity contribution < 1.29 is 13.9 Å². The lowest BCUT2D eigenvalue weighted by molar-refractivity contribution is 0.102. The predicted molar refractivity (Wildman–Crippen MR) is 99.9 cm³/mol. The van der Waals surface area contributed by atoms with Crippen molar-refractivity contribution in [3.63, 3.8) is 0 Å². The van der Waals surface area contributed by atoms with E-state index in [1.165, 1.54) is 11.8 Å². The zero-order chi connectivity index (χ0) is 18.1. The normalized spacial score (nSPS) is 12.7. The highest BCUT2D eigenvalue weighted by Crippen LogP contribution is 2.28. The number of hydrogen-bond donors (Lipinski definition) is 0. The van der Waals surface area contributed by atoms with Crippen molar-refractivity contribution in [1.29, 1.82) is 0 Å². The van der Waals surface area contributed by atoms with Crippen LogP contribution in [0.25, 0.3) is 11.5 Å². The van der Waals surface area contributed by atoms with Gasteiger partial charge in [0.05, 0.1) is 12.4 Å². The number of ketones is 1. The van der Waals surface area contributed by atoms with E-state index < -0.39 is 0 Å². The van der Waals surface area contributed by atoms with Crippen LogP contribution in [0.2, 0.25) is 0 Å². The molecule has 0 N–H and O–H groups in total. The molecule has 2 heterocycles. The molecule has 26 heavy (non-hydrogen) atoms. The number of carbonyl (C=O) groups is 1. The highest BCUT2D eigenvalue weighted by atomic mass is 32.2. The maximum atomic E-state index is 12.4. The maximum absolute atomic E-state index is 12.4. The average molecular weight is 366 g/mol. The molecule has 0 bridgehead atoms. The molecule has 2 aromatic carbocycles. The zero-order valence-electron chi connectivity index (χ0n) is 14.6. The van der Waals surface area contributed by atoms with E-state index in [0.29, 0.717) is 23.3 Å². The molecular formula is C20H18N2O3S. The highest BCUT2D eigenvalue weighted by Gasteiger charge is 2.16. The summed E-state index contributed by atoms with van der Waals surface area (Å²) in [7, 11) is 0. The van der Waals surface area contributed by atoms with Gasteiger partial charge in [0.1, 0.15) is 5.75 Å². The number of nitrogens with zero attached hydrogens (tertiary/aromatic N) is 2. The van der Waals surface area contributed by atoms with E-state index in [2.05, 4.69) is 16.3 Å². The Morgan fingerprint density at radius 3 is 2.73 bits per heavy atom. The van der Waals surface area contributed by atoms with Gasteiger partial charge in [0.25, 0.3) is 5.22 Å². The first kappa shape index (κ1) is 16.8. The number of carbonyl (C=O) groups excluding carboxylic acids is 1. The fourth-order valence-corrected chi connectivity index (χ4v) is 3.71. The summed E-state index contributed by atoms with van der Waals surface area (Å²) >= 11 is 1.26. The summed E-state index contributed by atoms with van der Waals surface area (Å²) in [5.74, 6) is 1.65. The lowest BCUT2D eigenvalue weighted by Gasteiger charge is -2.02. The summed E-state index contributed by atoms with van der Waals surface area (Å²) in [4.78, 5) is 12.4. The zero-order valence-corrected chi connectivity index (χ0v) is 15.4. The quantitative estimate of drug-likeness (QED) is 0.496. The number of fused-ring (bicyclic) bond motifs is 1. The second-order valence-corrected chi connectivity index (χ2v) is 7.31. The van der Waals surface area contributed by atoms with Crippen LogP contribution in [0.3, 0.4) is 0 Å². The molecule has 1 aliphatic rings. The van der Waals surface area contributed by atoms with E-state index in [4.69, 9.17) is 9.15 Å². The Hall–Kier alpha value is -2.60. The molecular weight excluding hydrogens is 348 g/mol. The topological polar surface area (TPSA) is 65.2 Å². The summed E-state index contributed by atoms with van der Waals surface area (Å²) in [5, 5.41) is 8.55. The van der Waals surface area contributed by atoms with Crippen molar-refractivity contribution in [2.75, 3.05) is 12.4 Å². The minimum atomic E-state index is 0.0378. The molecule has 3 aromatic rings. The van der Waals surface area contributed by atoms with Crippen LogP contribution in [0.4, 0.5) is 0 Å². The van der Waals surface area contributed by atoms with Crippen LogP contribution in [0.5, 0.6) is 5.75 Å². The molecule has 0 saturated heterocycles. The minimum Gasteiger partial charge on any atom is -0.493 e. The third-order valence-corrected chi connectivity index (χ3v) is 5.03. The predicted octanol–water partition coefficient (Wildman–Crippen LogP) is 4.26. The van der Waals surface area contributed by atoms with Crippen LogP contribution in [-0.2, 0) is 6.42 Å². The van der Waals surface area contributed by atoms with Crippen LogP contribution in [-0.4, -0.2) is 28.3 Å². The number of hydrogen-bond acceptors (Lipinski definition) is 6. The van der Waals surface area contributed by atoms with Crippen molar-refractivity contribution in [1.82, 2.24) is 10.2 Å². The lowest BCUT2D eigenvalue weighted by atomic mass is 10.1. The molecule has 1 aromatic heterocycles. The first-order chi connectivity index (χ1) is 12.6. The van der Waals surface area contributed by atoms with Gasteiger partial charge in [0.15, 0.2) is 5.78 Å². The van der Waals surface area contributed by atoms with Gasteiger partial charge in [0.2, 0.25) is 5.89 Å². The van der Waals surface area contributed by atoms with Crippen LogP contribution in [0.1, 0.15) is 27.0 Å². The van der Waals surface area contributed by atoms with E-state index in [0.717, 1.165) is 34.4 Å². The number of rotatable bonds is 5. The van der Waals surface area contributed by atoms with Crippen LogP contribution < -0.4 is 4.74 Å². The second kappa shape index (κ2) is 6.96. The van der Waals surface area contributed by atoms with Gasteiger partial charge < -0.3 is 9.15 Å². The molecule has 4 rings (SSSR count). The molecule has 1 aliphatic heterocycles. The largest absolute Gasteiger partial charge is 0.493 e. The van der Waals surface area contributed by atoms with Crippen LogP contribution in [0, 0.1) is 13.8 Å². The van der Waals surface area contributed by atoms with Crippen LogP contribution >= 0.6 is 11.8 Å². The molecule has 0 radical (unpaired) electrons. The first-order valence-corrected chi connectivity index (χ1v) is 9.41. The molecule has 6 heteroatoms. The molecule has 0 atom stereocenters. The summed E-state index contributed by atoms with van der Waals surface area (Å²) in [6.45, 7) is 4.75. The van der Waals surface area contributed by atoms with Crippen molar-refractivity contribution in [2.45, 2.75) is 25.5 Å². The van der Waals surface area contributed by atoms with E-state index in [1.807, 2.05) is 44.2 Å². The fourth-order valence-electron chi connectivity index (χ4n) is 3.05. The third kappa shape index (κ3) is 3.51. The molecule has 0 amide bonds. The minimum absolute atomic E-state index is 0.0378. The first-order valence-electron chi connectivity index (χ1n) is 8.42. The third-order valence-electron chi connectivity index (χ3n) is 4.21. The number of thioether (sulfide) groups is 1. The Labute approximate surface area is 155 Å². The Balaban J connectivity index is 1.44. The van der Waals surface area contributed by atoms with Gasteiger partial charge in [-0.15, -0.1) is 10.2 Å². The smallest absolute Gasteiger partial charge is 0.277 e. The number of ether oxygens (including phenoxy) is 1. The van der Waals surface area contributed by atoms with Gasteiger partial charge in [-0.1, -0.05) is 29.0 Å². The summed E-state index contributed by atoms with van der Waals surface area (Å²) in [6.07, 6.45) is 0.854. The number of Topliss-reactive ketones (excluding diaryl/α,β-unsaturated/α-hetero) is 1. The Morgan fingerprint density at radius 1 is 1.12 bits per heavy atom. The number of aryl methyl sites for hydroxylation is 2. The molecule has 0 unspecified atom stereocenters. The number of aromatic nitrogens is 2. The van der Waals surface area contributed by atoms with E-state index in [1.54, 1.807) is 0 Å². The molecule has 5 nitrogen and oxygen atoms in total. The maximum Gasteiger partial charge on any atom is 0.277 e. The lowest BCUT2D eigenvalue weighted by Crippen LogP contribution is -2.02. The van der Waals surface area contributed by atoms with E-state index >= 15 is 0 Å². The standard InChI is InChI=1S/C20H18N2O3S/c1-12-7-13(2)9-16(8-12)19-21-22-20(25-19)26-11-17(23)14-3-4-18-15(10-14)5-6-24-18/h3-4,7-10H,5-6,11H2,1-2H3. The Morgan fingerprint density at radius 2 is 1.92 bits per heavy atom. The molecule has 132 valence electrons. The Bertz CT molecular complexity index is 961. The summed E-state index contributed by atoms with van der Waals surface area (Å²) in [5.41, 5.74) is 4.96. The second-order valence-electron chi connectivity index (χ2n) is 6.38. The van der Waals surface area contributed by atoms with Gasteiger partial charge in [-0.25, -0.2) is 0 Å². The van der Waals surface area contributed by atoms with Crippen molar-refractivity contribution >= 4 is 17.5 Å². The van der Waals surface area contributed by atoms with Crippen molar-refractivity contribution in [3.8, 4) is 17.2 Å².